The molecule has 4 aromatic rings. The molecule has 0 radical (unpaired) electrons. The Morgan fingerprint density at radius 1 is 1.14 bits per heavy atom. The van der Waals surface area contributed by atoms with Crippen molar-refractivity contribution in [3.63, 3.8) is 0 Å². The number of nitrogens with one attached hydrogen (secondary N) is 3. The van der Waals surface area contributed by atoms with Gasteiger partial charge in [-0.15, -0.1) is 0 Å². The van der Waals surface area contributed by atoms with Gasteiger partial charge in [0.05, 0.1) is 11.6 Å². The molecule has 0 fully saturated rings. The molecule has 7 heteroatoms. The van der Waals surface area contributed by atoms with Gasteiger partial charge >= 0.3 is 0 Å². The maximum atomic E-state index is 12.5. The summed E-state index contributed by atoms with van der Waals surface area (Å²) in [6.45, 7) is 0.498. The minimum atomic E-state index is -0.263. The summed E-state index contributed by atoms with van der Waals surface area (Å²) in [6, 6.07) is 18.7. The van der Waals surface area contributed by atoms with Crippen LogP contribution in [0.25, 0.3) is 10.9 Å². The molecule has 0 saturated heterocycles. The first-order chi connectivity index (χ1) is 14.2. The molecule has 0 spiro atoms. The van der Waals surface area contributed by atoms with Crippen molar-refractivity contribution in [1.82, 2.24) is 20.3 Å². The van der Waals surface area contributed by atoms with Crippen LogP contribution in [-0.4, -0.2) is 27.4 Å². The van der Waals surface area contributed by atoms with Crippen LogP contribution in [0.3, 0.4) is 0 Å². The third-order valence-electron chi connectivity index (χ3n) is 4.49. The van der Waals surface area contributed by atoms with Gasteiger partial charge in [0.25, 0.3) is 5.91 Å². The van der Waals surface area contributed by atoms with Gasteiger partial charge in [0.15, 0.2) is 0 Å². The number of hydrogen-bond donors (Lipinski definition) is 3. The van der Waals surface area contributed by atoms with Crippen LogP contribution in [0, 0.1) is 11.3 Å². The zero-order valence-electron chi connectivity index (χ0n) is 15.5. The van der Waals surface area contributed by atoms with Gasteiger partial charge in [-0.1, -0.05) is 24.3 Å². The van der Waals surface area contributed by atoms with E-state index in [2.05, 4.69) is 37.7 Å². The van der Waals surface area contributed by atoms with E-state index in [0.29, 0.717) is 30.2 Å². The second-order valence-corrected chi connectivity index (χ2v) is 6.45. The lowest BCUT2D eigenvalue weighted by Crippen LogP contribution is -2.26. The van der Waals surface area contributed by atoms with Crippen molar-refractivity contribution in [2.75, 3.05) is 11.9 Å². The van der Waals surface area contributed by atoms with Crippen LogP contribution in [0.4, 0.5) is 11.6 Å². The molecule has 0 saturated carbocycles. The highest BCUT2D eigenvalue weighted by atomic mass is 16.1. The Morgan fingerprint density at radius 3 is 2.93 bits per heavy atom. The van der Waals surface area contributed by atoms with Gasteiger partial charge < -0.3 is 15.6 Å². The molecule has 2 aromatic carbocycles. The number of aromatic amines is 1. The van der Waals surface area contributed by atoms with E-state index >= 15 is 0 Å². The SMILES string of the molecule is N#Cc1cccc(Nc2nccc(C(=O)NCCc3c[nH]c4ccccc34)n2)c1. The lowest BCUT2D eigenvalue weighted by atomic mass is 10.1. The predicted octanol–water partition coefficient (Wildman–Crippen LogP) is 3.55. The Labute approximate surface area is 167 Å². The summed E-state index contributed by atoms with van der Waals surface area (Å²) in [6.07, 6.45) is 4.21. The third kappa shape index (κ3) is 4.22. The van der Waals surface area contributed by atoms with Crippen LogP contribution in [-0.2, 0) is 6.42 Å². The van der Waals surface area contributed by atoms with E-state index in [9.17, 15) is 4.79 Å². The molecule has 4 rings (SSSR count). The summed E-state index contributed by atoms with van der Waals surface area (Å²) in [5, 5.41) is 16.1. The number of fused-ring (bicyclic) bond motifs is 1. The van der Waals surface area contributed by atoms with E-state index in [1.807, 2.05) is 24.4 Å². The van der Waals surface area contributed by atoms with Gasteiger partial charge in [0.1, 0.15) is 5.69 Å². The number of benzene rings is 2. The molecule has 2 heterocycles. The zero-order chi connectivity index (χ0) is 20.1. The fourth-order valence-electron chi connectivity index (χ4n) is 3.08. The first-order valence-electron chi connectivity index (χ1n) is 9.16. The number of aromatic nitrogens is 3. The van der Waals surface area contributed by atoms with E-state index in [0.717, 1.165) is 16.5 Å². The number of rotatable bonds is 6. The minimum absolute atomic E-state index is 0.263. The van der Waals surface area contributed by atoms with Crippen LogP contribution in [0.1, 0.15) is 21.6 Å². The van der Waals surface area contributed by atoms with Crippen molar-refractivity contribution < 1.29 is 4.79 Å². The van der Waals surface area contributed by atoms with Gasteiger partial charge in [-0.05, 0) is 42.3 Å². The van der Waals surface area contributed by atoms with Crippen LogP contribution >= 0.6 is 0 Å². The number of nitriles is 1. The molecule has 0 aliphatic carbocycles. The Balaban J connectivity index is 1.38. The number of carbonyl (C=O) groups is 1. The molecule has 29 heavy (non-hydrogen) atoms. The molecular formula is C22H18N6O. The first kappa shape index (κ1) is 18.2. The lowest BCUT2D eigenvalue weighted by Gasteiger charge is -2.07. The zero-order valence-corrected chi connectivity index (χ0v) is 15.5. The van der Waals surface area contributed by atoms with Crippen molar-refractivity contribution >= 4 is 28.4 Å². The molecule has 142 valence electrons. The van der Waals surface area contributed by atoms with Gasteiger partial charge in [0.2, 0.25) is 5.95 Å². The van der Waals surface area contributed by atoms with E-state index in [4.69, 9.17) is 5.26 Å². The molecule has 0 aliphatic heterocycles. The Morgan fingerprint density at radius 2 is 2.03 bits per heavy atom. The summed E-state index contributed by atoms with van der Waals surface area (Å²) >= 11 is 0. The number of H-pyrrole nitrogens is 1. The van der Waals surface area contributed by atoms with Gasteiger partial charge in [-0.25, -0.2) is 9.97 Å². The lowest BCUT2D eigenvalue weighted by molar-refractivity contribution is 0.0949. The quantitative estimate of drug-likeness (QED) is 0.473. The molecule has 0 bridgehead atoms. The highest BCUT2D eigenvalue weighted by Gasteiger charge is 2.10. The molecule has 0 aliphatic rings. The summed E-state index contributed by atoms with van der Waals surface area (Å²) in [4.78, 5) is 24.1. The largest absolute Gasteiger partial charge is 0.361 e. The summed E-state index contributed by atoms with van der Waals surface area (Å²) in [5.41, 5.74) is 3.73. The molecule has 3 N–H and O–H groups in total. The standard InChI is InChI=1S/C22H18N6O/c23-13-15-4-3-5-17(12-15)27-22-25-11-9-20(28-22)21(29)24-10-8-16-14-26-19-7-2-1-6-18(16)19/h1-7,9,11-12,14,26H,8,10H2,(H,24,29)(H,25,27,28). The predicted molar refractivity (Wildman–Crippen MR) is 111 cm³/mol. The van der Waals surface area contributed by atoms with Crippen molar-refractivity contribution in [2.24, 2.45) is 0 Å². The fourth-order valence-corrected chi connectivity index (χ4v) is 3.08. The molecular weight excluding hydrogens is 364 g/mol. The average molecular weight is 382 g/mol. The highest BCUT2D eigenvalue weighted by Crippen LogP contribution is 2.18. The van der Waals surface area contributed by atoms with Crippen LogP contribution in [0.5, 0.6) is 0 Å². The highest BCUT2D eigenvalue weighted by molar-refractivity contribution is 5.92. The Hall–Kier alpha value is -4.18. The maximum absolute atomic E-state index is 12.5. The van der Waals surface area contributed by atoms with Crippen molar-refractivity contribution in [3.8, 4) is 6.07 Å². The normalized spacial score (nSPS) is 10.4. The maximum Gasteiger partial charge on any atom is 0.270 e. The van der Waals surface area contributed by atoms with Crippen LogP contribution in [0.2, 0.25) is 0 Å². The van der Waals surface area contributed by atoms with Crippen LogP contribution < -0.4 is 10.6 Å². The van der Waals surface area contributed by atoms with E-state index in [-0.39, 0.29) is 11.6 Å². The van der Waals surface area contributed by atoms with Crippen molar-refractivity contribution in [2.45, 2.75) is 6.42 Å². The number of nitrogens with zero attached hydrogens (tertiary/aromatic N) is 3. The van der Waals surface area contributed by atoms with E-state index < -0.39 is 0 Å². The van der Waals surface area contributed by atoms with Gasteiger partial charge in [-0.2, -0.15) is 5.26 Å². The summed E-state index contributed by atoms with van der Waals surface area (Å²) in [5.74, 6) is 0.0328. The number of amides is 1. The van der Waals surface area contributed by atoms with Gasteiger partial charge in [0, 0.05) is 35.5 Å². The first-order valence-corrected chi connectivity index (χ1v) is 9.16. The second kappa shape index (κ2) is 8.23. The molecule has 0 unspecified atom stereocenters. The van der Waals surface area contributed by atoms with E-state index in [1.165, 1.54) is 6.20 Å². The molecule has 2 aromatic heterocycles. The van der Waals surface area contributed by atoms with Crippen molar-refractivity contribution in [3.05, 3.63) is 83.8 Å². The average Bonchev–Trinajstić information content (AvgIpc) is 3.17. The Bertz CT molecular complexity index is 1210. The molecule has 1 amide bonds. The number of hydrogen-bond acceptors (Lipinski definition) is 5. The molecule has 7 nitrogen and oxygen atoms in total. The number of anilines is 2. The minimum Gasteiger partial charge on any atom is -0.361 e. The topological polar surface area (TPSA) is 106 Å². The Kier molecular flexibility index (Phi) is 5.16. The summed E-state index contributed by atoms with van der Waals surface area (Å²) < 4.78 is 0. The summed E-state index contributed by atoms with van der Waals surface area (Å²) in [7, 11) is 0. The second-order valence-electron chi connectivity index (χ2n) is 6.45. The molecule has 0 atom stereocenters. The third-order valence-corrected chi connectivity index (χ3v) is 4.49. The monoisotopic (exact) mass is 382 g/mol. The fraction of sp³-hybridized carbons (Fsp3) is 0.0909. The number of para-hydroxylation sites is 1. The van der Waals surface area contributed by atoms with Gasteiger partial charge in [-0.3, -0.25) is 4.79 Å². The van der Waals surface area contributed by atoms with Crippen LogP contribution in [0.15, 0.2) is 67.0 Å². The number of carbonyl (C=O) groups excluding carboxylic acids is 1. The smallest absolute Gasteiger partial charge is 0.270 e. The van der Waals surface area contributed by atoms with Crippen molar-refractivity contribution in [1.29, 1.82) is 5.26 Å². The van der Waals surface area contributed by atoms with E-state index in [1.54, 1.807) is 30.3 Å².